The van der Waals surface area contributed by atoms with E-state index in [0.717, 1.165) is 12.8 Å². The number of hydrogen-bond acceptors (Lipinski definition) is 4. The van der Waals surface area contributed by atoms with Gasteiger partial charge in [-0.1, -0.05) is 0 Å². The average molecular weight is 229 g/mol. The zero-order chi connectivity index (χ0) is 11.7. The lowest BCUT2D eigenvalue weighted by Gasteiger charge is -2.18. The van der Waals surface area contributed by atoms with Crippen LogP contribution >= 0.6 is 0 Å². The summed E-state index contributed by atoms with van der Waals surface area (Å²) in [7, 11) is 0. The van der Waals surface area contributed by atoms with Gasteiger partial charge in [-0.2, -0.15) is 0 Å². The predicted molar refractivity (Wildman–Crippen MR) is 60.5 cm³/mol. The summed E-state index contributed by atoms with van der Waals surface area (Å²) in [4.78, 5) is 28.9. The van der Waals surface area contributed by atoms with E-state index in [2.05, 4.69) is 19.9 Å². The van der Waals surface area contributed by atoms with Crippen LogP contribution in [-0.2, 0) is 0 Å². The van der Waals surface area contributed by atoms with Gasteiger partial charge in [0, 0.05) is 30.8 Å². The summed E-state index contributed by atoms with van der Waals surface area (Å²) in [5.41, 5.74) is 0. The molecule has 1 amide bonds. The normalized spacial score (nSPS) is 14.6. The van der Waals surface area contributed by atoms with E-state index >= 15 is 0 Å². The first-order valence-electron chi connectivity index (χ1n) is 5.46. The molecule has 86 valence electrons. The van der Waals surface area contributed by atoms with Gasteiger partial charge in [-0.05, 0) is 18.9 Å². The van der Waals surface area contributed by atoms with Gasteiger partial charge in [0.15, 0.2) is 0 Å². The standard InChI is InChI=1S/C11H11N5O/c17-10(9-12-4-1-5-13-9)16(8-2-3-8)11-14-6-7-15-11/h1,4-8H,2-3H2,(H,14,15). The number of nitrogens with one attached hydrogen (secondary N) is 1. The van der Waals surface area contributed by atoms with Crippen molar-refractivity contribution in [1.82, 2.24) is 19.9 Å². The third kappa shape index (κ3) is 1.89. The maximum atomic E-state index is 12.3. The van der Waals surface area contributed by atoms with Crippen LogP contribution in [0.3, 0.4) is 0 Å². The molecule has 0 unspecified atom stereocenters. The Kier molecular flexibility index (Phi) is 2.32. The molecule has 0 bridgehead atoms. The van der Waals surface area contributed by atoms with Crippen molar-refractivity contribution in [2.24, 2.45) is 0 Å². The zero-order valence-corrected chi connectivity index (χ0v) is 9.08. The molecule has 1 aliphatic rings. The predicted octanol–water partition coefficient (Wildman–Crippen LogP) is 1.01. The lowest BCUT2D eigenvalue weighted by molar-refractivity contribution is 0.0973. The summed E-state index contributed by atoms with van der Waals surface area (Å²) in [6, 6.07) is 1.91. The van der Waals surface area contributed by atoms with Crippen LogP contribution in [0.5, 0.6) is 0 Å². The maximum Gasteiger partial charge on any atom is 0.298 e. The van der Waals surface area contributed by atoms with Crippen LogP contribution in [0.2, 0.25) is 0 Å². The molecule has 1 saturated carbocycles. The monoisotopic (exact) mass is 229 g/mol. The van der Waals surface area contributed by atoms with Crippen molar-refractivity contribution in [3.63, 3.8) is 0 Å². The van der Waals surface area contributed by atoms with E-state index in [-0.39, 0.29) is 17.8 Å². The first-order valence-corrected chi connectivity index (χ1v) is 5.46. The number of carbonyl (C=O) groups excluding carboxylic acids is 1. The molecule has 2 aromatic heterocycles. The highest BCUT2D eigenvalue weighted by Gasteiger charge is 2.36. The molecule has 0 aromatic carbocycles. The smallest absolute Gasteiger partial charge is 0.298 e. The number of imidazole rings is 1. The molecular weight excluding hydrogens is 218 g/mol. The van der Waals surface area contributed by atoms with Gasteiger partial charge in [0.1, 0.15) is 0 Å². The zero-order valence-electron chi connectivity index (χ0n) is 9.08. The van der Waals surface area contributed by atoms with Crippen molar-refractivity contribution < 1.29 is 4.79 Å². The van der Waals surface area contributed by atoms with Gasteiger partial charge in [0.25, 0.3) is 5.91 Å². The summed E-state index contributed by atoms with van der Waals surface area (Å²) in [6.45, 7) is 0. The minimum Gasteiger partial charge on any atom is -0.331 e. The summed E-state index contributed by atoms with van der Waals surface area (Å²) in [5, 5.41) is 0. The first-order chi connectivity index (χ1) is 8.36. The van der Waals surface area contributed by atoms with Crippen LogP contribution in [0.25, 0.3) is 0 Å². The van der Waals surface area contributed by atoms with Crippen LogP contribution in [-0.4, -0.2) is 31.9 Å². The van der Waals surface area contributed by atoms with Crippen molar-refractivity contribution in [3.05, 3.63) is 36.7 Å². The Bertz CT molecular complexity index is 506. The highest BCUT2D eigenvalue weighted by Crippen LogP contribution is 2.30. The summed E-state index contributed by atoms with van der Waals surface area (Å²) < 4.78 is 0. The van der Waals surface area contributed by atoms with Crippen LogP contribution in [0, 0.1) is 0 Å². The van der Waals surface area contributed by atoms with E-state index in [1.807, 2.05) is 0 Å². The molecule has 0 spiro atoms. The molecule has 3 rings (SSSR count). The number of aromatic amines is 1. The van der Waals surface area contributed by atoms with Crippen LogP contribution in [0.1, 0.15) is 23.5 Å². The molecule has 2 aromatic rings. The van der Waals surface area contributed by atoms with Gasteiger partial charge in [0.2, 0.25) is 11.8 Å². The summed E-state index contributed by atoms with van der Waals surface area (Å²) in [5.74, 6) is 0.559. The van der Waals surface area contributed by atoms with Gasteiger partial charge in [0.05, 0.1) is 0 Å². The van der Waals surface area contributed by atoms with E-state index in [4.69, 9.17) is 0 Å². The number of hydrogen-bond donors (Lipinski definition) is 1. The van der Waals surface area contributed by atoms with Crippen LogP contribution < -0.4 is 4.90 Å². The third-order valence-electron chi connectivity index (χ3n) is 2.60. The van der Waals surface area contributed by atoms with E-state index < -0.39 is 0 Å². The first kappa shape index (κ1) is 9.95. The van der Waals surface area contributed by atoms with Crippen LogP contribution in [0.15, 0.2) is 30.9 Å². The molecule has 17 heavy (non-hydrogen) atoms. The van der Waals surface area contributed by atoms with E-state index in [1.54, 1.807) is 35.8 Å². The number of amides is 1. The Morgan fingerprint density at radius 1 is 1.24 bits per heavy atom. The average Bonchev–Trinajstić information content (AvgIpc) is 3.05. The van der Waals surface area contributed by atoms with Crippen molar-refractivity contribution in [2.45, 2.75) is 18.9 Å². The lowest BCUT2D eigenvalue weighted by atomic mass is 10.4. The number of carbonyl (C=O) groups is 1. The Morgan fingerprint density at radius 2 is 2.00 bits per heavy atom. The van der Waals surface area contributed by atoms with Gasteiger partial charge in [-0.15, -0.1) is 0 Å². The minimum absolute atomic E-state index is 0.204. The summed E-state index contributed by atoms with van der Waals surface area (Å²) >= 11 is 0. The molecule has 0 saturated heterocycles. The molecule has 6 heteroatoms. The fourth-order valence-corrected chi connectivity index (χ4v) is 1.67. The molecule has 0 aliphatic heterocycles. The van der Waals surface area contributed by atoms with Gasteiger partial charge >= 0.3 is 0 Å². The Labute approximate surface area is 97.7 Å². The summed E-state index contributed by atoms with van der Waals surface area (Å²) in [6.07, 6.45) is 8.45. The number of aromatic nitrogens is 4. The fourth-order valence-electron chi connectivity index (χ4n) is 1.67. The highest BCUT2D eigenvalue weighted by molar-refractivity contribution is 6.03. The Balaban J connectivity index is 1.92. The second kappa shape index (κ2) is 3.97. The van der Waals surface area contributed by atoms with Crippen molar-refractivity contribution in [3.8, 4) is 0 Å². The van der Waals surface area contributed by atoms with Gasteiger partial charge in [-0.3, -0.25) is 9.69 Å². The number of H-pyrrole nitrogens is 1. The quantitative estimate of drug-likeness (QED) is 0.852. The van der Waals surface area contributed by atoms with E-state index in [0.29, 0.717) is 5.95 Å². The second-order valence-corrected chi connectivity index (χ2v) is 3.89. The molecule has 1 fully saturated rings. The highest BCUT2D eigenvalue weighted by atomic mass is 16.2. The Morgan fingerprint density at radius 3 is 2.59 bits per heavy atom. The third-order valence-corrected chi connectivity index (χ3v) is 2.60. The van der Waals surface area contributed by atoms with Gasteiger partial charge < -0.3 is 4.98 Å². The van der Waals surface area contributed by atoms with Crippen LogP contribution in [0.4, 0.5) is 5.95 Å². The molecule has 2 heterocycles. The molecule has 0 atom stereocenters. The fraction of sp³-hybridized carbons (Fsp3) is 0.273. The number of rotatable bonds is 3. The van der Waals surface area contributed by atoms with Gasteiger partial charge in [-0.25, -0.2) is 15.0 Å². The lowest BCUT2D eigenvalue weighted by Crippen LogP contribution is -2.35. The largest absolute Gasteiger partial charge is 0.331 e. The van der Waals surface area contributed by atoms with Crippen molar-refractivity contribution in [2.75, 3.05) is 4.90 Å². The van der Waals surface area contributed by atoms with E-state index in [1.165, 1.54) is 0 Å². The SMILES string of the molecule is O=C(c1ncccn1)N(c1ncc[nH]1)C1CC1. The molecule has 1 aliphatic carbocycles. The topological polar surface area (TPSA) is 74.8 Å². The Hall–Kier alpha value is -2.24. The van der Waals surface area contributed by atoms with Crippen molar-refractivity contribution in [1.29, 1.82) is 0 Å². The number of anilines is 1. The molecule has 0 radical (unpaired) electrons. The molecule has 6 nitrogen and oxygen atoms in total. The minimum atomic E-state index is -0.206. The number of nitrogens with zero attached hydrogens (tertiary/aromatic N) is 4. The van der Waals surface area contributed by atoms with E-state index in [9.17, 15) is 4.79 Å². The maximum absolute atomic E-state index is 12.3. The molecular formula is C11H11N5O. The molecule has 1 N–H and O–H groups in total. The van der Waals surface area contributed by atoms with Crippen molar-refractivity contribution >= 4 is 11.9 Å². The second-order valence-electron chi connectivity index (χ2n) is 3.89.